The van der Waals surface area contributed by atoms with E-state index in [9.17, 15) is 8.42 Å². The van der Waals surface area contributed by atoms with Crippen LogP contribution in [0.5, 0.6) is 5.75 Å². The van der Waals surface area contributed by atoms with Crippen molar-refractivity contribution in [3.05, 3.63) is 47.9 Å². The van der Waals surface area contributed by atoms with Crippen LogP contribution in [0.25, 0.3) is 11.1 Å². The van der Waals surface area contributed by atoms with Gasteiger partial charge in [-0.15, -0.1) is 0 Å². The molecule has 25 heavy (non-hydrogen) atoms. The minimum atomic E-state index is -3.68. The summed E-state index contributed by atoms with van der Waals surface area (Å²) in [5.74, 6) is 1.55. The molecule has 0 radical (unpaired) electrons. The number of fused-ring (bicyclic) bond motifs is 2. The van der Waals surface area contributed by atoms with Gasteiger partial charge >= 0.3 is 0 Å². The molecular weight excluding hydrogens is 340 g/mol. The molecule has 1 aromatic heterocycles. The number of hydrogen-bond donors (Lipinski definition) is 1. The van der Waals surface area contributed by atoms with Crippen molar-refractivity contribution < 1.29 is 17.6 Å². The Balaban J connectivity index is 1.65. The van der Waals surface area contributed by atoms with Crippen molar-refractivity contribution >= 4 is 26.8 Å². The largest absolute Gasteiger partial charge is 0.493 e. The lowest BCUT2D eigenvalue weighted by Gasteiger charge is -2.09. The third kappa shape index (κ3) is 2.95. The molecule has 1 aliphatic heterocycles. The van der Waals surface area contributed by atoms with Crippen LogP contribution in [0.15, 0.2) is 45.7 Å². The summed E-state index contributed by atoms with van der Waals surface area (Å²) in [5.41, 5.74) is 2.64. The van der Waals surface area contributed by atoms with Crippen molar-refractivity contribution in [3.63, 3.8) is 0 Å². The second-order valence-electron chi connectivity index (χ2n) is 6.36. The number of benzene rings is 2. The van der Waals surface area contributed by atoms with Gasteiger partial charge in [-0.3, -0.25) is 4.72 Å². The number of sulfonamides is 1. The van der Waals surface area contributed by atoms with E-state index in [0.717, 1.165) is 17.7 Å². The molecule has 2 aromatic carbocycles. The van der Waals surface area contributed by atoms with Crippen LogP contribution in [0, 0.1) is 0 Å². The second-order valence-corrected chi connectivity index (χ2v) is 8.05. The van der Waals surface area contributed by atoms with Crippen LogP contribution in [-0.2, 0) is 16.4 Å². The molecule has 0 amide bonds. The Hall–Kier alpha value is -2.54. The molecule has 0 aliphatic carbocycles. The normalized spacial score (nSPS) is 13.9. The number of nitrogens with one attached hydrogen (secondary N) is 1. The first kappa shape index (κ1) is 16.0. The van der Waals surface area contributed by atoms with Crippen molar-refractivity contribution in [2.45, 2.75) is 31.1 Å². The molecule has 0 saturated heterocycles. The van der Waals surface area contributed by atoms with E-state index in [4.69, 9.17) is 9.15 Å². The summed E-state index contributed by atoms with van der Waals surface area (Å²) in [4.78, 5) is 4.63. The van der Waals surface area contributed by atoms with E-state index in [2.05, 4.69) is 9.71 Å². The third-order valence-electron chi connectivity index (χ3n) is 4.12. The highest BCUT2D eigenvalue weighted by Crippen LogP contribution is 2.29. The van der Waals surface area contributed by atoms with Gasteiger partial charge in [0.15, 0.2) is 11.5 Å². The van der Waals surface area contributed by atoms with Gasteiger partial charge in [0.2, 0.25) is 0 Å². The zero-order chi connectivity index (χ0) is 17.6. The molecule has 2 heterocycles. The standard InChI is InChI=1S/C18H18N2O4S/c1-11(2)18-19-15-10-13(3-5-17(15)24-18)20-25(21,22)14-4-6-16-12(9-14)7-8-23-16/h3-6,9-11,20H,7-8H2,1-2H3. The average molecular weight is 358 g/mol. The summed E-state index contributed by atoms with van der Waals surface area (Å²) in [6.45, 7) is 4.57. The number of aromatic nitrogens is 1. The molecule has 3 aromatic rings. The number of nitrogens with zero attached hydrogens (tertiary/aromatic N) is 1. The van der Waals surface area contributed by atoms with Gasteiger partial charge in [-0.1, -0.05) is 13.8 Å². The number of rotatable bonds is 4. The van der Waals surface area contributed by atoms with Crippen LogP contribution in [0.2, 0.25) is 0 Å². The first-order chi connectivity index (χ1) is 11.9. The maximum Gasteiger partial charge on any atom is 0.261 e. The fourth-order valence-electron chi connectivity index (χ4n) is 2.80. The van der Waals surface area contributed by atoms with Gasteiger partial charge in [-0.05, 0) is 42.0 Å². The smallest absolute Gasteiger partial charge is 0.261 e. The van der Waals surface area contributed by atoms with Gasteiger partial charge in [-0.25, -0.2) is 13.4 Å². The van der Waals surface area contributed by atoms with Crippen LogP contribution in [-0.4, -0.2) is 20.0 Å². The maximum absolute atomic E-state index is 12.7. The molecule has 7 heteroatoms. The Bertz CT molecular complexity index is 1050. The van der Waals surface area contributed by atoms with E-state index < -0.39 is 10.0 Å². The lowest BCUT2D eigenvalue weighted by Crippen LogP contribution is -2.13. The molecule has 1 N–H and O–H groups in total. The maximum atomic E-state index is 12.7. The molecule has 0 unspecified atom stereocenters. The van der Waals surface area contributed by atoms with Crippen molar-refractivity contribution in [2.24, 2.45) is 0 Å². The zero-order valence-corrected chi connectivity index (χ0v) is 14.8. The van der Waals surface area contributed by atoms with Gasteiger partial charge in [-0.2, -0.15) is 0 Å². The number of ether oxygens (including phenoxy) is 1. The Kier molecular flexibility index (Phi) is 3.68. The summed E-state index contributed by atoms with van der Waals surface area (Å²) < 4.78 is 39.0. The van der Waals surface area contributed by atoms with Crippen LogP contribution < -0.4 is 9.46 Å². The van der Waals surface area contributed by atoms with Gasteiger partial charge in [0.1, 0.15) is 11.3 Å². The monoisotopic (exact) mass is 358 g/mol. The Morgan fingerprint density at radius 3 is 2.80 bits per heavy atom. The molecule has 0 spiro atoms. The lowest BCUT2D eigenvalue weighted by molar-refractivity contribution is 0.356. The molecule has 6 nitrogen and oxygen atoms in total. The van der Waals surface area contributed by atoms with Crippen molar-refractivity contribution in [2.75, 3.05) is 11.3 Å². The predicted octanol–water partition coefficient (Wildman–Crippen LogP) is 3.69. The van der Waals surface area contributed by atoms with Gasteiger partial charge in [0, 0.05) is 12.3 Å². The number of hydrogen-bond acceptors (Lipinski definition) is 5. The molecule has 0 fully saturated rings. The molecule has 4 rings (SSSR count). The first-order valence-corrected chi connectivity index (χ1v) is 9.60. The van der Waals surface area contributed by atoms with Gasteiger partial charge in [0.25, 0.3) is 10.0 Å². The van der Waals surface area contributed by atoms with Crippen LogP contribution in [0.4, 0.5) is 5.69 Å². The molecule has 0 bridgehead atoms. The molecule has 1 aliphatic rings. The SMILES string of the molecule is CC(C)c1nc2cc(NS(=O)(=O)c3ccc4c(c3)CCO4)ccc2o1. The molecule has 0 atom stereocenters. The number of oxazole rings is 1. The fourth-order valence-corrected chi connectivity index (χ4v) is 3.90. The van der Waals surface area contributed by atoms with E-state index in [1.807, 2.05) is 13.8 Å². The quantitative estimate of drug-likeness (QED) is 0.769. The van der Waals surface area contributed by atoms with Gasteiger partial charge < -0.3 is 9.15 Å². The van der Waals surface area contributed by atoms with Crippen molar-refractivity contribution in [3.8, 4) is 5.75 Å². The van der Waals surface area contributed by atoms with E-state index in [-0.39, 0.29) is 10.8 Å². The fraction of sp³-hybridized carbons (Fsp3) is 0.278. The van der Waals surface area contributed by atoms with Gasteiger partial charge in [0.05, 0.1) is 17.2 Å². The summed E-state index contributed by atoms with van der Waals surface area (Å²) in [6.07, 6.45) is 0.724. The number of anilines is 1. The topological polar surface area (TPSA) is 81.4 Å². The summed E-state index contributed by atoms with van der Waals surface area (Å²) in [7, 11) is -3.68. The minimum Gasteiger partial charge on any atom is -0.493 e. The Morgan fingerprint density at radius 2 is 2.00 bits per heavy atom. The Labute approximate surface area is 145 Å². The lowest BCUT2D eigenvalue weighted by atomic mass is 10.2. The minimum absolute atomic E-state index is 0.168. The zero-order valence-electron chi connectivity index (χ0n) is 13.9. The van der Waals surface area contributed by atoms with E-state index in [1.54, 1.807) is 36.4 Å². The average Bonchev–Trinajstić information content (AvgIpc) is 3.19. The van der Waals surface area contributed by atoms with Crippen LogP contribution in [0.3, 0.4) is 0 Å². The van der Waals surface area contributed by atoms with Crippen LogP contribution >= 0.6 is 0 Å². The summed E-state index contributed by atoms with van der Waals surface area (Å²) in [6, 6.07) is 9.99. The third-order valence-corrected chi connectivity index (χ3v) is 5.50. The summed E-state index contributed by atoms with van der Waals surface area (Å²) >= 11 is 0. The second kappa shape index (κ2) is 5.77. The van der Waals surface area contributed by atoms with E-state index in [0.29, 0.717) is 29.3 Å². The first-order valence-electron chi connectivity index (χ1n) is 8.11. The van der Waals surface area contributed by atoms with Crippen molar-refractivity contribution in [1.82, 2.24) is 4.98 Å². The molecule has 0 saturated carbocycles. The highest BCUT2D eigenvalue weighted by Gasteiger charge is 2.20. The van der Waals surface area contributed by atoms with Crippen LogP contribution in [0.1, 0.15) is 31.2 Å². The molecular formula is C18H18N2O4S. The highest BCUT2D eigenvalue weighted by molar-refractivity contribution is 7.92. The summed E-state index contributed by atoms with van der Waals surface area (Å²) in [5, 5.41) is 0. The highest BCUT2D eigenvalue weighted by atomic mass is 32.2. The van der Waals surface area contributed by atoms with Crippen molar-refractivity contribution in [1.29, 1.82) is 0 Å². The predicted molar refractivity (Wildman–Crippen MR) is 94.5 cm³/mol. The van der Waals surface area contributed by atoms with E-state index in [1.165, 1.54) is 0 Å². The van der Waals surface area contributed by atoms with E-state index >= 15 is 0 Å². The Morgan fingerprint density at radius 1 is 1.16 bits per heavy atom. The molecule has 130 valence electrons.